The highest BCUT2D eigenvalue weighted by Crippen LogP contribution is 2.38. The van der Waals surface area contributed by atoms with Crippen LogP contribution in [0, 0.1) is 0 Å². The second-order valence-corrected chi connectivity index (χ2v) is 7.88. The molecule has 1 heterocycles. The molecule has 0 aliphatic carbocycles. The van der Waals surface area contributed by atoms with E-state index in [1.807, 2.05) is 12.1 Å². The third kappa shape index (κ3) is 5.10. The molecule has 4 rings (SSSR count). The van der Waals surface area contributed by atoms with Gasteiger partial charge in [0.2, 0.25) is 6.79 Å². The molecule has 0 atom stereocenters. The molecule has 0 radical (unpaired) electrons. The van der Waals surface area contributed by atoms with Crippen molar-refractivity contribution in [1.29, 1.82) is 0 Å². The van der Waals surface area contributed by atoms with Gasteiger partial charge in [0.1, 0.15) is 18.1 Å². The Morgan fingerprint density at radius 3 is 2.53 bits per heavy atom. The number of halogens is 2. The molecule has 0 unspecified atom stereocenters. The van der Waals surface area contributed by atoms with E-state index in [4.69, 9.17) is 42.5 Å². The maximum atomic E-state index is 11.0. The van der Waals surface area contributed by atoms with Gasteiger partial charge in [-0.15, -0.1) is 0 Å². The van der Waals surface area contributed by atoms with Gasteiger partial charge in [0.15, 0.2) is 11.5 Å². The van der Waals surface area contributed by atoms with Gasteiger partial charge in [0, 0.05) is 27.8 Å². The lowest BCUT2D eigenvalue weighted by atomic mass is 9.98. The lowest BCUT2D eigenvalue weighted by molar-refractivity contribution is -0.131. The smallest absolute Gasteiger partial charge is 0.328 e. The largest absolute Gasteiger partial charge is 0.508 e. The van der Waals surface area contributed by atoms with Crippen molar-refractivity contribution in [3.05, 3.63) is 86.9 Å². The number of aliphatic carboxylic acids is 1. The number of phenols is 1. The first-order valence-corrected chi connectivity index (χ1v) is 10.4. The molecule has 0 saturated carbocycles. The van der Waals surface area contributed by atoms with E-state index in [0.29, 0.717) is 44.8 Å². The Hall–Kier alpha value is -3.35. The van der Waals surface area contributed by atoms with Gasteiger partial charge < -0.3 is 24.4 Å². The fraction of sp³-hybridized carbons (Fsp3) is 0.125. The molecular weight excluding hydrogens is 455 g/mol. The highest BCUT2D eigenvalue weighted by molar-refractivity contribution is 6.31. The first kappa shape index (κ1) is 21.9. The van der Waals surface area contributed by atoms with Crippen LogP contribution >= 0.6 is 23.2 Å². The summed E-state index contributed by atoms with van der Waals surface area (Å²) in [6, 6.07) is 13.5. The van der Waals surface area contributed by atoms with Crippen molar-refractivity contribution in [2.45, 2.75) is 13.0 Å². The zero-order valence-corrected chi connectivity index (χ0v) is 18.2. The number of carboxylic acid groups (broad SMARTS) is 1. The van der Waals surface area contributed by atoms with Crippen molar-refractivity contribution < 1.29 is 29.2 Å². The molecule has 3 aromatic rings. The molecular formula is C24H18Cl2O6. The molecule has 32 heavy (non-hydrogen) atoms. The van der Waals surface area contributed by atoms with Gasteiger partial charge in [-0.3, -0.25) is 0 Å². The Balaban J connectivity index is 1.62. The van der Waals surface area contributed by atoms with Crippen LogP contribution in [0.25, 0.3) is 6.08 Å². The van der Waals surface area contributed by atoms with Crippen LogP contribution in [0.2, 0.25) is 10.0 Å². The van der Waals surface area contributed by atoms with E-state index >= 15 is 0 Å². The van der Waals surface area contributed by atoms with Gasteiger partial charge in [0.25, 0.3) is 0 Å². The fourth-order valence-electron chi connectivity index (χ4n) is 3.28. The van der Waals surface area contributed by atoms with Crippen LogP contribution in [0.1, 0.15) is 22.3 Å². The summed E-state index contributed by atoms with van der Waals surface area (Å²) in [5.74, 6) is 0.808. The number of rotatable bonds is 7. The highest BCUT2D eigenvalue weighted by Gasteiger charge is 2.17. The number of benzene rings is 3. The van der Waals surface area contributed by atoms with Crippen molar-refractivity contribution in [3.63, 3.8) is 0 Å². The molecule has 2 N–H and O–H groups in total. The summed E-state index contributed by atoms with van der Waals surface area (Å²) < 4.78 is 16.7. The van der Waals surface area contributed by atoms with Crippen molar-refractivity contribution in [3.8, 4) is 23.0 Å². The number of ether oxygens (including phenoxy) is 3. The second-order valence-electron chi connectivity index (χ2n) is 7.07. The van der Waals surface area contributed by atoms with E-state index in [1.54, 1.807) is 30.3 Å². The van der Waals surface area contributed by atoms with Gasteiger partial charge >= 0.3 is 5.97 Å². The first-order valence-electron chi connectivity index (χ1n) is 9.61. The number of phenolic OH excluding ortho intramolecular Hbond substituents is 1. The monoisotopic (exact) mass is 472 g/mol. The molecule has 1 aliphatic rings. The summed E-state index contributed by atoms with van der Waals surface area (Å²) >= 11 is 12.6. The molecule has 0 spiro atoms. The molecule has 0 amide bonds. The minimum Gasteiger partial charge on any atom is -0.508 e. The molecule has 1 aliphatic heterocycles. The van der Waals surface area contributed by atoms with Crippen molar-refractivity contribution in [2.24, 2.45) is 0 Å². The third-order valence-electron chi connectivity index (χ3n) is 4.87. The van der Waals surface area contributed by atoms with E-state index in [-0.39, 0.29) is 19.1 Å². The van der Waals surface area contributed by atoms with Crippen LogP contribution in [0.15, 0.2) is 54.6 Å². The average molecular weight is 473 g/mol. The Morgan fingerprint density at radius 1 is 0.969 bits per heavy atom. The molecule has 164 valence electrons. The Morgan fingerprint density at radius 2 is 1.75 bits per heavy atom. The summed E-state index contributed by atoms with van der Waals surface area (Å²) in [5, 5.41) is 19.7. The molecule has 6 nitrogen and oxygen atoms in total. The SMILES string of the molecule is O=C(O)C=Cc1ccc(OCc2cc(O)ccc2Cl)cc1Cc1cc2c(cc1Cl)OCO2. The summed E-state index contributed by atoms with van der Waals surface area (Å²) in [7, 11) is 0. The summed E-state index contributed by atoms with van der Waals surface area (Å²) in [4.78, 5) is 11.0. The summed E-state index contributed by atoms with van der Waals surface area (Å²) in [5.41, 5.74) is 2.96. The lowest BCUT2D eigenvalue weighted by Crippen LogP contribution is -1.99. The van der Waals surface area contributed by atoms with Crippen molar-refractivity contribution in [2.75, 3.05) is 6.79 Å². The minimum absolute atomic E-state index is 0.0975. The van der Waals surface area contributed by atoms with Crippen LogP contribution < -0.4 is 14.2 Å². The predicted octanol–water partition coefficient (Wildman–Crippen LogP) is 5.70. The first-order chi connectivity index (χ1) is 15.4. The molecule has 0 bridgehead atoms. The standard InChI is InChI=1S/C24H18Cl2O6/c25-20-5-3-18(27)8-17(20)12-30-19-4-1-14(2-6-24(28)29)15(9-19)7-16-10-22-23(11-21(16)26)32-13-31-22/h1-6,8-11,27H,7,12-13H2,(H,28,29). The Bertz CT molecular complexity index is 1210. The normalized spacial score (nSPS) is 12.3. The van der Waals surface area contributed by atoms with Gasteiger partial charge in [-0.25, -0.2) is 4.79 Å². The van der Waals surface area contributed by atoms with E-state index in [9.17, 15) is 9.90 Å². The van der Waals surface area contributed by atoms with Crippen LogP contribution in [0.4, 0.5) is 0 Å². The van der Waals surface area contributed by atoms with E-state index in [1.165, 1.54) is 12.1 Å². The van der Waals surface area contributed by atoms with Crippen molar-refractivity contribution >= 4 is 35.2 Å². The zero-order valence-electron chi connectivity index (χ0n) is 16.7. The molecule has 0 saturated heterocycles. The number of carbonyl (C=O) groups is 1. The summed E-state index contributed by atoms with van der Waals surface area (Å²) in [6.45, 7) is 0.296. The molecule has 8 heteroatoms. The number of aromatic hydroxyl groups is 1. The maximum Gasteiger partial charge on any atom is 0.328 e. The topological polar surface area (TPSA) is 85.2 Å². The fourth-order valence-corrected chi connectivity index (χ4v) is 3.67. The van der Waals surface area contributed by atoms with Gasteiger partial charge in [-0.2, -0.15) is 0 Å². The Labute approximate surface area is 194 Å². The number of hydrogen-bond donors (Lipinski definition) is 2. The lowest BCUT2D eigenvalue weighted by Gasteiger charge is -2.13. The van der Waals surface area contributed by atoms with Crippen LogP contribution in [0.5, 0.6) is 23.0 Å². The minimum atomic E-state index is -1.05. The third-order valence-corrected chi connectivity index (χ3v) is 5.59. The van der Waals surface area contributed by atoms with Gasteiger partial charge in [-0.1, -0.05) is 29.3 Å². The van der Waals surface area contributed by atoms with E-state index in [0.717, 1.165) is 17.2 Å². The van der Waals surface area contributed by atoms with Gasteiger partial charge in [0.05, 0.1) is 0 Å². The highest BCUT2D eigenvalue weighted by atomic mass is 35.5. The van der Waals surface area contributed by atoms with Crippen LogP contribution in [0.3, 0.4) is 0 Å². The predicted molar refractivity (Wildman–Crippen MR) is 121 cm³/mol. The quantitative estimate of drug-likeness (QED) is 0.429. The molecule has 3 aromatic carbocycles. The summed E-state index contributed by atoms with van der Waals surface area (Å²) in [6.07, 6.45) is 3.01. The van der Waals surface area contributed by atoms with E-state index < -0.39 is 5.97 Å². The van der Waals surface area contributed by atoms with Crippen molar-refractivity contribution in [1.82, 2.24) is 0 Å². The zero-order chi connectivity index (χ0) is 22.7. The second kappa shape index (κ2) is 9.42. The molecule has 0 fully saturated rings. The van der Waals surface area contributed by atoms with Crippen LogP contribution in [-0.2, 0) is 17.8 Å². The van der Waals surface area contributed by atoms with E-state index in [2.05, 4.69) is 0 Å². The number of fused-ring (bicyclic) bond motifs is 1. The number of carboxylic acids is 1. The average Bonchev–Trinajstić information content (AvgIpc) is 3.21. The van der Waals surface area contributed by atoms with Crippen LogP contribution in [-0.4, -0.2) is 23.0 Å². The maximum absolute atomic E-state index is 11.0. The Kier molecular flexibility index (Phi) is 6.44. The number of hydrogen-bond acceptors (Lipinski definition) is 5. The van der Waals surface area contributed by atoms with Gasteiger partial charge in [-0.05, 0) is 65.6 Å². The molecule has 0 aromatic heterocycles.